The fourth-order valence-electron chi connectivity index (χ4n) is 3.28. The summed E-state index contributed by atoms with van der Waals surface area (Å²) in [4.78, 5) is 24.1. The summed E-state index contributed by atoms with van der Waals surface area (Å²) in [6, 6.07) is 11.1. The summed E-state index contributed by atoms with van der Waals surface area (Å²) >= 11 is 0. The van der Waals surface area contributed by atoms with Crippen LogP contribution in [0.2, 0.25) is 0 Å². The molecule has 3 aromatic carbocycles. The molecular formula is C22H22O6. The lowest BCUT2D eigenvalue weighted by atomic mass is 9.96. The third-order valence-electron chi connectivity index (χ3n) is 4.26. The van der Waals surface area contributed by atoms with Crippen LogP contribution in [0.25, 0.3) is 21.5 Å². The van der Waals surface area contributed by atoms with Gasteiger partial charge >= 0.3 is 12.3 Å². The summed E-state index contributed by atoms with van der Waals surface area (Å²) < 4.78 is 21.1. The molecule has 0 unspecified atom stereocenters. The van der Waals surface area contributed by atoms with Crippen molar-refractivity contribution in [3.63, 3.8) is 0 Å². The van der Waals surface area contributed by atoms with Gasteiger partial charge in [0.05, 0.1) is 13.2 Å². The summed E-state index contributed by atoms with van der Waals surface area (Å²) in [7, 11) is 0. The number of benzene rings is 3. The van der Waals surface area contributed by atoms with Crippen LogP contribution in [0.15, 0.2) is 36.4 Å². The van der Waals surface area contributed by atoms with Gasteiger partial charge in [0.15, 0.2) is 5.75 Å². The van der Waals surface area contributed by atoms with Gasteiger partial charge < -0.3 is 18.9 Å². The second-order valence-corrected chi connectivity index (χ2v) is 6.28. The van der Waals surface area contributed by atoms with Crippen LogP contribution in [-0.2, 0) is 9.47 Å². The Labute approximate surface area is 162 Å². The molecule has 28 heavy (non-hydrogen) atoms. The van der Waals surface area contributed by atoms with Crippen molar-refractivity contribution < 1.29 is 28.5 Å². The Kier molecular flexibility index (Phi) is 5.68. The van der Waals surface area contributed by atoms with Crippen molar-refractivity contribution in [1.29, 1.82) is 0 Å². The van der Waals surface area contributed by atoms with Gasteiger partial charge in [-0.25, -0.2) is 9.59 Å². The van der Waals surface area contributed by atoms with Gasteiger partial charge in [-0.05, 0) is 39.3 Å². The van der Waals surface area contributed by atoms with E-state index in [0.717, 1.165) is 11.1 Å². The minimum atomic E-state index is -0.785. The number of aryl methyl sites for hydroxylation is 2. The molecule has 0 aliphatic heterocycles. The average Bonchev–Trinajstić information content (AvgIpc) is 2.64. The van der Waals surface area contributed by atoms with E-state index in [1.807, 2.05) is 38.1 Å². The van der Waals surface area contributed by atoms with E-state index >= 15 is 0 Å². The predicted octanol–water partition coefficient (Wildman–Crippen LogP) is 5.68. The Balaban J connectivity index is 2.36. The van der Waals surface area contributed by atoms with Gasteiger partial charge in [0, 0.05) is 21.5 Å². The van der Waals surface area contributed by atoms with Crippen molar-refractivity contribution in [3.05, 3.63) is 47.5 Å². The molecule has 0 fully saturated rings. The molecule has 0 aliphatic rings. The smallest absolute Gasteiger partial charge is 0.434 e. The quantitative estimate of drug-likeness (QED) is 0.328. The largest absolute Gasteiger partial charge is 0.513 e. The van der Waals surface area contributed by atoms with Crippen LogP contribution in [0, 0.1) is 13.8 Å². The highest BCUT2D eigenvalue weighted by Gasteiger charge is 2.22. The SMILES string of the molecule is CCOC(=O)Oc1c2ccccc2c(OC(=O)OCC)c2c(C)cc(C)cc12. The fraction of sp³-hybridized carbons (Fsp3) is 0.273. The van der Waals surface area contributed by atoms with E-state index in [-0.39, 0.29) is 13.2 Å². The van der Waals surface area contributed by atoms with Crippen LogP contribution in [0.1, 0.15) is 25.0 Å². The normalized spacial score (nSPS) is 10.7. The fourth-order valence-corrected chi connectivity index (χ4v) is 3.28. The molecule has 3 rings (SSSR count). The molecule has 3 aromatic rings. The molecule has 146 valence electrons. The van der Waals surface area contributed by atoms with Crippen molar-refractivity contribution in [2.24, 2.45) is 0 Å². The maximum Gasteiger partial charge on any atom is 0.513 e. The number of carbonyl (C=O) groups excluding carboxylic acids is 2. The molecule has 0 N–H and O–H groups in total. The molecule has 0 saturated heterocycles. The number of rotatable bonds is 4. The number of carbonyl (C=O) groups is 2. The minimum Gasteiger partial charge on any atom is -0.434 e. The Morgan fingerprint density at radius 1 is 0.786 bits per heavy atom. The lowest BCUT2D eigenvalue weighted by molar-refractivity contribution is 0.103. The van der Waals surface area contributed by atoms with E-state index in [4.69, 9.17) is 18.9 Å². The van der Waals surface area contributed by atoms with Crippen LogP contribution in [0.4, 0.5) is 9.59 Å². The average molecular weight is 382 g/mol. The molecular weight excluding hydrogens is 360 g/mol. The van der Waals surface area contributed by atoms with Crippen LogP contribution < -0.4 is 9.47 Å². The van der Waals surface area contributed by atoms with Gasteiger partial charge in [-0.1, -0.05) is 35.9 Å². The second kappa shape index (κ2) is 8.17. The number of fused-ring (bicyclic) bond motifs is 2. The van der Waals surface area contributed by atoms with Crippen LogP contribution in [-0.4, -0.2) is 25.5 Å². The zero-order valence-corrected chi connectivity index (χ0v) is 16.3. The highest BCUT2D eigenvalue weighted by atomic mass is 16.7. The first-order chi connectivity index (χ1) is 13.5. The molecule has 0 radical (unpaired) electrons. The predicted molar refractivity (Wildman–Crippen MR) is 106 cm³/mol. The molecule has 6 heteroatoms. The third kappa shape index (κ3) is 3.71. The Hall–Kier alpha value is -3.28. The van der Waals surface area contributed by atoms with Gasteiger partial charge in [0.1, 0.15) is 5.75 Å². The van der Waals surface area contributed by atoms with Crippen molar-refractivity contribution in [1.82, 2.24) is 0 Å². The van der Waals surface area contributed by atoms with E-state index in [2.05, 4.69) is 0 Å². The van der Waals surface area contributed by atoms with Gasteiger partial charge in [-0.2, -0.15) is 0 Å². The minimum absolute atomic E-state index is 0.205. The monoisotopic (exact) mass is 382 g/mol. The summed E-state index contributed by atoms with van der Waals surface area (Å²) in [6.07, 6.45) is -1.57. The Morgan fingerprint density at radius 2 is 1.32 bits per heavy atom. The Morgan fingerprint density at radius 3 is 1.89 bits per heavy atom. The van der Waals surface area contributed by atoms with Crippen LogP contribution in [0.5, 0.6) is 11.5 Å². The molecule has 0 bridgehead atoms. The van der Waals surface area contributed by atoms with Crippen LogP contribution in [0.3, 0.4) is 0 Å². The third-order valence-corrected chi connectivity index (χ3v) is 4.26. The van der Waals surface area contributed by atoms with Crippen molar-refractivity contribution in [2.75, 3.05) is 13.2 Å². The van der Waals surface area contributed by atoms with Crippen LogP contribution >= 0.6 is 0 Å². The number of hydrogen-bond acceptors (Lipinski definition) is 6. The number of ether oxygens (including phenoxy) is 4. The molecule has 0 aliphatic carbocycles. The van der Waals surface area contributed by atoms with E-state index in [0.29, 0.717) is 33.0 Å². The van der Waals surface area contributed by atoms with Crippen molar-refractivity contribution in [3.8, 4) is 11.5 Å². The highest BCUT2D eigenvalue weighted by molar-refractivity contribution is 6.13. The van der Waals surface area contributed by atoms with Crippen molar-refractivity contribution in [2.45, 2.75) is 27.7 Å². The standard InChI is InChI=1S/C22H22O6/c1-5-25-21(23)27-19-15-9-7-8-10-16(15)20(28-22(24)26-6-2)18-14(4)11-13(3)12-17(18)19/h7-12H,5-6H2,1-4H3. The second-order valence-electron chi connectivity index (χ2n) is 6.28. The van der Waals surface area contributed by atoms with Gasteiger partial charge in [-0.15, -0.1) is 0 Å². The molecule has 0 heterocycles. The van der Waals surface area contributed by atoms with E-state index in [1.54, 1.807) is 26.0 Å². The summed E-state index contributed by atoms with van der Waals surface area (Å²) in [6.45, 7) is 7.69. The molecule has 0 spiro atoms. The van der Waals surface area contributed by atoms with E-state index in [1.165, 1.54) is 0 Å². The molecule has 0 amide bonds. The maximum atomic E-state index is 12.1. The summed E-state index contributed by atoms with van der Waals surface area (Å²) in [5, 5.41) is 2.60. The summed E-state index contributed by atoms with van der Waals surface area (Å²) in [5.74, 6) is 0.741. The zero-order valence-electron chi connectivity index (χ0n) is 16.3. The molecule has 0 aromatic heterocycles. The van der Waals surface area contributed by atoms with Gasteiger partial charge in [0.25, 0.3) is 0 Å². The van der Waals surface area contributed by atoms with E-state index in [9.17, 15) is 9.59 Å². The topological polar surface area (TPSA) is 71.1 Å². The lowest BCUT2D eigenvalue weighted by Crippen LogP contribution is -2.13. The maximum absolute atomic E-state index is 12.1. The van der Waals surface area contributed by atoms with Crippen molar-refractivity contribution >= 4 is 33.9 Å². The Bertz CT molecular complexity index is 1050. The molecule has 0 atom stereocenters. The molecule has 0 saturated carbocycles. The lowest BCUT2D eigenvalue weighted by Gasteiger charge is -2.18. The van der Waals surface area contributed by atoms with Gasteiger partial charge in [-0.3, -0.25) is 0 Å². The highest BCUT2D eigenvalue weighted by Crippen LogP contribution is 2.44. The first-order valence-electron chi connectivity index (χ1n) is 9.11. The number of hydrogen-bond donors (Lipinski definition) is 0. The first kappa shape index (κ1) is 19.5. The first-order valence-corrected chi connectivity index (χ1v) is 9.11. The van der Waals surface area contributed by atoms with Gasteiger partial charge in [0.2, 0.25) is 0 Å². The summed E-state index contributed by atoms with van der Waals surface area (Å²) in [5.41, 5.74) is 1.87. The molecule has 6 nitrogen and oxygen atoms in total. The van der Waals surface area contributed by atoms with E-state index < -0.39 is 12.3 Å². The zero-order chi connectivity index (χ0) is 20.3.